The number of carbonyl (C=O) groups is 2. The largest absolute Gasteiger partial charge is 0.352 e. The summed E-state index contributed by atoms with van der Waals surface area (Å²) in [5.74, 6) is -0.847. The Bertz CT molecular complexity index is 1370. The summed E-state index contributed by atoms with van der Waals surface area (Å²) in [4.78, 5) is 29.1. The molecular formula is C29H33Cl2N3O4S. The van der Waals surface area contributed by atoms with Crippen molar-refractivity contribution in [3.63, 3.8) is 0 Å². The molecule has 3 rings (SSSR count). The first-order chi connectivity index (χ1) is 18.5. The van der Waals surface area contributed by atoms with E-state index in [-0.39, 0.29) is 30.6 Å². The molecule has 2 atom stereocenters. The van der Waals surface area contributed by atoms with Crippen LogP contribution in [0.4, 0.5) is 5.69 Å². The van der Waals surface area contributed by atoms with Crippen molar-refractivity contribution in [1.29, 1.82) is 0 Å². The summed E-state index contributed by atoms with van der Waals surface area (Å²) >= 11 is 12.2. The average molecular weight is 591 g/mol. The number of hydrogen-bond acceptors (Lipinski definition) is 4. The average Bonchev–Trinajstić information content (AvgIpc) is 2.90. The van der Waals surface area contributed by atoms with E-state index in [1.165, 1.54) is 11.0 Å². The second-order valence-electron chi connectivity index (χ2n) is 9.42. The SMILES string of the molecule is CC[C@@H](C)NC(=O)[C@H](Cc1ccccc1)N(Cc1ccc(Cl)cc1)C(=O)CN(c1cccc(Cl)c1)S(C)(=O)=O. The van der Waals surface area contributed by atoms with Crippen LogP contribution in [-0.4, -0.2) is 50.0 Å². The van der Waals surface area contributed by atoms with Crippen molar-refractivity contribution in [3.8, 4) is 0 Å². The Balaban J connectivity index is 2.05. The van der Waals surface area contributed by atoms with Crippen LogP contribution in [0, 0.1) is 0 Å². The van der Waals surface area contributed by atoms with Crippen LogP contribution in [0.1, 0.15) is 31.4 Å². The van der Waals surface area contributed by atoms with Crippen molar-refractivity contribution >= 4 is 50.7 Å². The molecule has 0 radical (unpaired) electrons. The molecule has 0 aromatic heterocycles. The number of amides is 2. The lowest BCUT2D eigenvalue weighted by atomic mass is 10.0. The number of halogens is 2. The zero-order chi connectivity index (χ0) is 28.6. The highest BCUT2D eigenvalue weighted by Crippen LogP contribution is 2.23. The standard InChI is InChI=1S/C29H33Cl2N3O4S/c1-4-21(2)32-29(36)27(17-22-9-6-5-7-10-22)33(19-23-13-15-24(30)16-14-23)28(35)20-34(39(3,37)38)26-12-8-11-25(31)18-26/h5-16,18,21,27H,4,17,19-20H2,1-3H3,(H,32,36)/t21-,27+/m1/s1. The lowest BCUT2D eigenvalue weighted by molar-refractivity contribution is -0.140. The third kappa shape index (κ3) is 8.98. The zero-order valence-corrected chi connectivity index (χ0v) is 24.5. The maximum Gasteiger partial charge on any atom is 0.244 e. The number of nitrogens with zero attached hydrogens (tertiary/aromatic N) is 2. The van der Waals surface area contributed by atoms with Crippen LogP contribution in [0.25, 0.3) is 0 Å². The van der Waals surface area contributed by atoms with Crippen LogP contribution in [-0.2, 0) is 32.6 Å². The van der Waals surface area contributed by atoms with Gasteiger partial charge in [-0.25, -0.2) is 8.42 Å². The van der Waals surface area contributed by atoms with Crippen molar-refractivity contribution in [1.82, 2.24) is 10.2 Å². The third-order valence-electron chi connectivity index (χ3n) is 6.31. The molecule has 2 amide bonds. The van der Waals surface area contributed by atoms with Gasteiger partial charge >= 0.3 is 0 Å². The van der Waals surface area contributed by atoms with Gasteiger partial charge < -0.3 is 10.2 Å². The lowest BCUT2D eigenvalue weighted by Gasteiger charge is -2.34. The van der Waals surface area contributed by atoms with Crippen molar-refractivity contribution in [2.24, 2.45) is 0 Å². The van der Waals surface area contributed by atoms with Crippen LogP contribution in [0.5, 0.6) is 0 Å². The predicted octanol–water partition coefficient (Wildman–Crippen LogP) is 5.31. The molecule has 10 heteroatoms. The van der Waals surface area contributed by atoms with Gasteiger partial charge in [-0.2, -0.15) is 0 Å². The number of hydrogen-bond donors (Lipinski definition) is 1. The molecule has 0 bridgehead atoms. The first kappa shape index (κ1) is 30.5. The minimum Gasteiger partial charge on any atom is -0.352 e. The molecule has 7 nitrogen and oxygen atoms in total. The Labute approximate surface area is 240 Å². The van der Waals surface area contributed by atoms with E-state index in [0.717, 1.165) is 21.7 Å². The van der Waals surface area contributed by atoms with E-state index in [4.69, 9.17) is 23.2 Å². The Hall–Kier alpha value is -3.07. The van der Waals surface area contributed by atoms with Gasteiger partial charge in [0.2, 0.25) is 21.8 Å². The van der Waals surface area contributed by atoms with Gasteiger partial charge in [0.1, 0.15) is 12.6 Å². The fraction of sp³-hybridized carbons (Fsp3) is 0.310. The van der Waals surface area contributed by atoms with Crippen molar-refractivity contribution in [2.45, 2.75) is 45.3 Å². The third-order valence-corrected chi connectivity index (χ3v) is 7.94. The molecule has 0 unspecified atom stereocenters. The van der Waals surface area contributed by atoms with Crippen molar-refractivity contribution in [2.75, 3.05) is 17.1 Å². The molecule has 0 fully saturated rings. The van der Waals surface area contributed by atoms with E-state index in [1.807, 2.05) is 44.2 Å². The topological polar surface area (TPSA) is 86.8 Å². The number of benzene rings is 3. The van der Waals surface area contributed by atoms with Gasteiger partial charge in [-0.05, 0) is 54.8 Å². The van der Waals surface area contributed by atoms with E-state index in [2.05, 4.69) is 5.32 Å². The van der Waals surface area contributed by atoms with Crippen molar-refractivity contribution in [3.05, 3.63) is 100 Å². The van der Waals surface area contributed by atoms with E-state index in [1.54, 1.807) is 42.5 Å². The van der Waals surface area contributed by atoms with Crippen LogP contribution in [0.15, 0.2) is 78.9 Å². The van der Waals surface area contributed by atoms with E-state index < -0.39 is 28.5 Å². The van der Waals surface area contributed by atoms with Gasteiger partial charge in [0.15, 0.2) is 0 Å². The van der Waals surface area contributed by atoms with Gasteiger partial charge in [-0.1, -0.05) is 78.7 Å². The summed E-state index contributed by atoms with van der Waals surface area (Å²) in [5, 5.41) is 3.87. The normalized spacial score (nSPS) is 12.8. The second kappa shape index (κ2) is 13.8. The fourth-order valence-electron chi connectivity index (χ4n) is 4.03. The minimum absolute atomic E-state index is 0.0780. The minimum atomic E-state index is -3.86. The van der Waals surface area contributed by atoms with Crippen LogP contribution >= 0.6 is 23.2 Å². The van der Waals surface area contributed by atoms with E-state index >= 15 is 0 Å². The Morgan fingerprint density at radius 1 is 0.897 bits per heavy atom. The summed E-state index contributed by atoms with van der Waals surface area (Å²) in [6.07, 6.45) is 1.99. The highest BCUT2D eigenvalue weighted by Gasteiger charge is 2.33. The Morgan fingerprint density at radius 3 is 2.15 bits per heavy atom. The van der Waals surface area contributed by atoms with Gasteiger partial charge in [0.05, 0.1) is 11.9 Å². The zero-order valence-electron chi connectivity index (χ0n) is 22.2. The highest BCUT2D eigenvalue weighted by molar-refractivity contribution is 7.92. The molecule has 0 heterocycles. The van der Waals surface area contributed by atoms with Crippen molar-refractivity contribution < 1.29 is 18.0 Å². The van der Waals surface area contributed by atoms with Crippen LogP contribution in [0.3, 0.4) is 0 Å². The number of sulfonamides is 1. The molecule has 3 aromatic rings. The quantitative estimate of drug-likeness (QED) is 0.310. The van der Waals surface area contributed by atoms with Gasteiger partial charge in [-0.15, -0.1) is 0 Å². The molecular weight excluding hydrogens is 557 g/mol. The Morgan fingerprint density at radius 2 is 1.56 bits per heavy atom. The maximum atomic E-state index is 14.0. The van der Waals surface area contributed by atoms with Gasteiger partial charge in [-0.3, -0.25) is 13.9 Å². The molecule has 0 saturated heterocycles. The summed E-state index contributed by atoms with van der Waals surface area (Å²) in [5.41, 5.74) is 1.87. The monoisotopic (exact) mass is 589 g/mol. The first-order valence-electron chi connectivity index (χ1n) is 12.6. The molecule has 3 aromatic carbocycles. The smallest absolute Gasteiger partial charge is 0.244 e. The predicted molar refractivity (Wildman–Crippen MR) is 157 cm³/mol. The maximum absolute atomic E-state index is 14.0. The fourth-order valence-corrected chi connectivity index (χ4v) is 5.18. The highest BCUT2D eigenvalue weighted by atomic mass is 35.5. The molecule has 0 aliphatic carbocycles. The number of carbonyl (C=O) groups excluding carboxylic acids is 2. The van der Waals surface area contributed by atoms with E-state index in [0.29, 0.717) is 16.5 Å². The summed E-state index contributed by atoms with van der Waals surface area (Å²) < 4.78 is 26.6. The summed E-state index contributed by atoms with van der Waals surface area (Å²) in [7, 11) is -3.86. The van der Waals surface area contributed by atoms with Gasteiger partial charge in [0.25, 0.3) is 0 Å². The molecule has 208 valence electrons. The molecule has 0 aliphatic rings. The number of anilines is 1. The van der Waals surface area contributed by atoms with E-state index in [9.17, 15) is 18.0 Å². The molecule has 0 saturated carbocycles. The number of nitrogens with one attached hydrogen (secondary N) is 1. The number of rotatable bonds is 12. The Kier molecular flexibility index (Phi) is 10.8. The molecule has 0 aliphatic heterocycles. The molecule has 0 spiro atoms. The summed E-state index contributed by atoms with van der Waals surface area (Å²) in [6, 6.07) is 21.7. The van der Waals surface area contributed by atoms with Crippen LogP contribution < -0.4 is 9.62 Å². The summed E-state index contributed by atoms with van der Waals surface area (Å²) in [6.45, 7) is 3.43. The van der Waals surface area contributed by atoms with Gasteiger partial charge in [0, 0.05) is 29.1 Å². The second-order valence-corrected chi connectivity index (χ2v) is 12.2. The molecule has 1 N–H and O–H groups in total. The molecule has 39 heavy (non-hydrogen) atoms. The first-order valence-corrected chi connectivity index (χ1v) is 15.2. The van der Waals surface area contributed by atoms with Crippen LogP contribution in [0.2, 0.25) is 10.0 Å². The lowest BCUT2D eigenvalue weighted by Crippen LogP contribution is -2.54.